The molecule has 0 aliphatic carbocycles. The van der Waals surface area contributed by atoms with Gasteiger partial charge < -0.3 is 19.1 Å². The van der Waals surface area contributed by atoms with Crippen LogP contribution >= 0.6 is 0 Å². The molecule has 0 saturated heterocycles. The lowest BCUT2D eigenvalue weighted by molar-refractivity contribution is 0.285. The molecule has 0 aliphatic rings. The molecule has 0 spiro atoms. The maximum Gasteiger partial charge on any atom is 0.223 e. The van der Waals surface area contributed by atoms with Gasteiger partial charge in [0, 0.05) is 39.0 Å². The first-order valence-corrected chi connectivity index (χ1v) is 9.50. The van der Waals surface area contributed by atoms with Crippen LogP contribution in [0.3, 0.4) is 0 Å². The van der Waals surface area contributed by atoms with Crippen LogP contribution in [0.4, 0.5) is 0 Å². The molecule has 0 saturated carbocycles. The first-order chi connectivity index (χ1) is 14.2. The second-order valence-corrected chi connectivity index (χ2v) is 6.82. The van der Waals surface area contributed by atoms with Gasteiger partial charge in [0.25, 0.3) is 0 Å². The molecule has 2 aromatic heterocycles. The summed E-state index contributed by atoms with van der Waals surface area (Å²) in [7, 11) is 0. The van der Waals surface area contributed by atoms with E-state index in [0.717, 1.165) is 25.4 Å². The van der Waals surface area contributed by atoms with Gasteiger partial charge in [0.2, 0.25) is 11.7 Å². The molecule has 1 N–H and O–H groups in total. The Morgan fingerprint density at radius 1 is 0.966 bits per heavy atom. The molecule has 148 valence electrons. The van der Waals surface area contributed by atoms with E-state index in [1.165, 1.54) is 16.7 Å². The van der Waals surface area contributed by atoms with Gasteiger partial charge in [-0.15, -0.1) is 0 Å². The molecule has 2 aromatic carbocycles. The normalized spacial score (nSPS) is 10.9. The highest BCUT2D eigenvalue weighted by molar-refractivity contribution is 5.27. The number of rotatable bonds is 9. The second kappa shape index (κ2) is 9.16. The van der Waals surface area contributed by atoms with E-state index >= 15 is 0 Å². The molecule has 0 amide bonds. The topological polar surface area (TPSA) is 78.0 Å². The molecular formula is C22H23N5O2. The number of nitrogens with one attached hydrogen (secondary N) is 1. The number of nitrogens with zero attached hydrogens (tertiary/aromatic N) is 4. The Bertz CT molecular complexity index is 1010. The molecule has 29 heavy (non-hydrogen) atoms. The van der Waals surface area contributed by atoms with Gasteiger partial charge in [-0.2, -0.15) is 4.98 Å². The summed E-state index contributed by atoms with van der Waals surface area (Å²) in [6.07, 6.45) is 5.60. The van der Waals surface area contributed by atoms with E-state index in [1.807, 2.05) is 24.7 Å². The summed E-state index contributed by atoms with van der Waals surface area (Å²) < 4.78 is 12.7. The number of ether oxygens (including phenoxy) is 1. The molecule has 0 radical (unpaired) electrons. The van der Waals surface area contributed by atoms with E-state index in [-0.39, 0.29) is 0 Å². The van der Waals surface area contributed by atoms with Crippen LogP contribution in [0.25, 0.3) is 0 Å². The van der Waals surface area contributed by atoms with Crippen molar-refractivity contribution in [3.05, 3.63) is 95.7 Å². The minimum atomic E-state index is 0.297. The van der Waals surface area contributed by atoms with E-state index in [2.05, 4.69) is 61.4 Å². The van der Waals surface area contributed by atoms with Crippen LogP contribution in [0.2, 0.25) is 0 Å². The average molecular weight is 389 g/mol. The van der Waals surface area contributed by atoms with E-state index in [9.17, 15) is 0 Å². The van der Waals surface area contributed by atoms with Crippen molar-refractivity contribution in [1.29, 1.82) is 0 Å². The highest BCUT2D eigenvalue weighted by atomic mass is 16.5. The third kappa shape index (κ3) is 5.52. The predicted octanol–water partition coefficient (Wildman–Crippen LogP) is 3.49. The van der Waals surface area contributed by atoms with Crippen molar-refractivity contribution in [3.63, 3.8) is 0 Å². The van der Waals surface area contributed by atoms with Crippen LogP contribution in [0.5, 0.6) is 5.75 Å². The summed E-state index contributed by atoms with van der Waals surface area (Å²) >= 11 is 0. The molecule has 4 rings (SSSR count). The molecule has 2 heterocycles. The minimum Gasteiger partial charge on any atom is -0.485 e. The third-order valence-corrected chi connectivity index (χ3v) is 4.47. The number of hydrogen-bond acceptors (Lipinski definition) is 6. The van der Waals surface area contributed by atoms with E-state index in [1.54, 1.807) is 13.1 Å². The van der Waals surface area contributed by atoms with Crippen LogP contribution < -0.4 is 10.1 Å². The van der Waals surface area contributed by atoms with Crippen LogP contribution in [0, 0.1) is 6.92 Å². The molecule has 0 unspecified atom stereocenters. The number of benzene rings is 2. The largest absolute Gasteiger partial charge is 0.485 e. The van der Waals surface area contributed by atoms with E-state index in [4.69, 9.17) is 9.26 Å². The Balaban J connectivity index is 1.21. The fourth-order valence-electron chi connectivity index (χ4n) is 2.96. The summed E-state index contributed by atoms with van der Waals surface area (Å²) in [4.78, 5) is 8.19. The maximum atomic E-state index is 5.67. The van der Waals surface area contributed by atoms with Crippen LogP contribution in [-0.2, 0) is 26.2 Å². The second-order valence-electron chi connectivity index (χ2n) is 6.82. The number of imidazole rings is 1. The fourth-order valence-corrected chi connectivity index (χ4v) is 2.96. The summed E-state index contributed by atoms with van der Waals surface area (Å²) in [5.74, 6) is 1.87. The van der Waals surface area contributed by atoms with E-state index < -0.39 is 0 Å². The Labute approximate surface area is 169 Å². The maximum absolute atomic E-state index is 5.67. The SMILES string of the molecule is Cc1nc(COc2ccc(CNCc3ccc(Cn4ccnc4)cc3)cc2)no1. The quantitative estimate of drug-likeness (QED) is 0.472. The lowest BCUT2D eigenvalue weighted by Crippen LogP contribution is -2.12. The lowest BCUT2D eigenvalue weighted by Gasteiger charge is -2.08. The van der Waals surface area contributed by atoms with Crippen molar-refractivity contribution in [2.24, 2.45) is 0 Å². The summed E-state index contributed by atoms with van der Waals surface area (Å²) in [6.45, 7) is 4.51. The monoisotopic (exact) mass is 389 g/mol. The standard InChI is InChI=1S/C22H23N5O2/c1-17-25-22(26-29-17)15-28-21-8-6-19(7-9-21)13-24-12-18-2-4-20(5-3-18)14-27-11-10-23-16-27/h2-11,16,24H,12-15H2,1H3. The summed E-state index contributed by atoms with van der Waals surface area (Å²) in [5.41, 5.74) is 3.72. The Kier molecular flexibility index (Phi) is 5.97. The van der Waals surface area contributed by atoms with Crippen molar-refractivity contribution in [3.8, 4) is 5.75 Å². The molecule has 7 nitrogen and oxygen atoms in total. The number of aromatic nitrogens is 4. The zero-order valence-electron chi connectivity index (χ0n) is 16.3. The van der Waals surface area contributed by atoms with Gasteiger partial charge in [0.15, 0.2) is 6.61 Å². The smallest absolute Gasteiger partial charge is 0.223 e. The molecular weight excluding hydrogens is 366 g/mol. The number of aryl methyl sites for hydroxylation is 1. The van der Waals surface area contributed by atoms with Gasteiger partial charge in [-0.1, -0.05) is 41.6 Å². The predicted molar refractivity (Wildman–Crippen MR) is 108 cm³/mol. The minimum absolute atomic E-state index is 0.297. The van der Waals surface area contributed by atoms with Gasteiger partial charge in [0.1, 0.15) is 5.75 Å². The summed E-state index contributed by atoms with van der Waals surface area (Å²) in [6, 6.07) is 16.7. The highest BCUT2D eigenvalue weighted by Gasteiger charge is 2.03. The van der Waals surface area contributed by atoms with Crippen molar-refractivity contribution >= 4 is 0 Å². The molecule has 0 atom stereocenters. The van der Waals surface area contributed by atoms with E-state index in [0.29, 0.717) is 18.3 Å². The third-order valence-electron chi connectivity index (χ3n) is 4.47. The summed E-state index contributed by atoms with van der Waals surface area (Å²) in [5, 5.41) is 7.29. The van der Waals surface area contributed by atoms with Gasteiger partial charge >= 0.3 is 0 Å². The Morgan fingerprint density at radius 2 is 1.66 bits per heavy atom. The van der Waals surface area contributed by atoms with Crippen molar-refractivity contribution in [2.75, 3.05) is 0 Å². The molecule has 0 bridgehead atoms. The highest BCUT2D eigenvalue weighted by Crippen LogP contribution is 2.14. The first-order valence-electron chi connectivity index (χ1n) is 9.50. The van der Waals surface area contributed by atoms with Crippen molar-refractivity contribution in [1.82, 2.24) is 25.0 Å². The molecule has 0 aliphatic heterocycles. The Morgan fingerprint density at radius 3 is 2.28 bits per heavy atom. The van der Waals surface area contributed by atoms with Gasteiger partial charge in [-0.3, -0.25) is 0 Å². The van der Waals surface area contributed by atoms with Crippen LogP contribution in [-0.4, -0.2) is 19.7 Å². The fraction of sp³-hybridized carbons (Fsp3) is 0.227. The molecule has 4 aromatic rings. The first kappa shape index (κ1) is 18.9. The van der Waals surface area contributed by atoms with Crippen LogP contribution in [0.1, 0.15) is 28.4 Å². The van der Waals surface area contributed by atoms with Gasteiger partial charge in [0.05, 0.1) is 6.33 Å². The van der Waals surface area contributed by atoms with Gasteiger partial charge in [-0.05, 0) is 28.8 Å². The molecule has 7 heteroatoms. The zero-order chi connectivity index (χ0) is 19.9. The molecule has 0 fully saturated rings. The van der Waals surface area contributed by atoms with Crippen molar-refractivity contribution in [2.45, 2.75) is 33.2 Å². The Hall–Kier alpha value is -3.45. The zero-order valence-corrected chi connectivity index (χ0v) is 16.3. The van der Waals surface area contributed by atoms with Gasteiger partial charge in [-0.25, -0.2) is 4.98 Å². The number of hydrogen-bond donors (Lipinski definition) is 1. The average Bonchev–Trinajstić information content (AvgIpc) is 3.40. The van der Waals surface area contributed by atoms with Crippen LogP contribution in [0.15, 0.2) is 71.8 Å². The lowest BCUT2D eigenvalue weighted by atomic mass is 10.1. The van der Waals surface area contributed by atoms with Crippen molar-refractivity contribution < 1.29 is 9.26 Å².